The summed E-state index contributed by atoms with van der Waals surface area (Å²) < 4.78 is 28.6. The molecule has 0 radical (unpaired) electrons. The number of carbonyl (C=O) groups excluding carboxylic acids is 1. The zero-order valence-corrected chi connectivity index (χ0v) is 13.0. The molecule has 0 aromatic heterocycles. The number of benzene rings is 1. The van der Waals surface area contributed by atoms with E-state index in [1.165, 1.54) is 12.1 Å². The fourth-order valence-corrected chi connectivity index (χ4v) is 2.15. The molecule has 0 fully saturated rings. The van der Waals surface area contributed by atoms with Gasteiger partial charge in [0.2, 0.25) is 5.91 Å². The Hall–Kier alpha value is -1.11. The molecule has 3 N–H and O–H groups in total. The molecule has 1 rings (SSSR count). The first-order valence-electron chi connectivity index (χ1n) is 6.26. The molecule has 0 spiro atoms. The molecule has 0 heterocycles. The molecule has 21 heavy (non-hydrogen) atoms. The Morgan fingerprint density at radius 1 is 1.38 bits per heavy atom. The van der Waals surface area contributed by atoms with Gasteiger partial charge in [0, 0.05) is 5.69 Å². The summed E-state index contributed by atoms with van der Waals surface area (Å²) in [5, 5.41) is 2.28. The molecule has 0 aliphatic heterocycles. The van der Waals surface area contributed by atoms with E-state index in [0.717, 1.165) is 6.42 Å². The highest BCUT2D eigenvalue weighted by Gasteiger charge is 2.21. The Morgan fingerprint density at radius 2 is 1.90 bits per heavy atom. The van der Waals surface area contributed by atoms with Gasteiger partial charge in [-0.2, -0.15) is 8.78 Å². The lowest BCUT2D eigenvalue weighted by atomic mass is 9.99. The fraction of sp³-hybridized carbons (Fsp3) is 0.462. The van der Waals surface area contributed by atoms with E-state index < -0.39 is 18.6 Å². The first-order valence-corrected chi connectivity index (χ1v) is 7.02. The summed E-state index contributed by atoms with van der Waals surface area (Å²) in [5.74, 6) is -0.742. The molecule has 0 aliphatic carbocycles. The van der Waals surface area contributed by atoms with Crippen LogP contribution in [0, 0.1) is 5.92 Å². The zero-order valence-electron chi connectivity index (χ0n) is 11.5. The van der Waals surface area contributed by atoms with E-state index in [1.54, 1.807) is 0 Å². The number of alkyl halides is 2. The van der Waals surface area contributed by atoms with Crippen molar-refractivity contribution in [3.8, 4) is 5.75 Å². The van der Waals surface area contributed by atoms with Crippen molar-refractivity contribution in [2.24, 2.45) is 11.7 Å². The topological polar surface area (TPSA) is 64.4 Å². The van der Waals surface area contributed by atoms with Crippen molar-refractivity contribution in [1.82, 2.24) is 0 Å². The van der Waals surface area contributed by atoms with Gasteiger partial charge in [-0.1, -0.05) is 43.5 Å². The van der Waals surface area contributed by atoms with Gasteiger partial charge in [-0.15, -0.1) is 0 Å². The second-order valence-corrected chi connectivity index (χ2v) is 5.36. The monoisotopic (exact) mass is 340 g/mol. The summed E-state index contributed by atoms with van der Waals surface area (Å²) in [7, 11) is 0. The zero-order chi connectivity index (χ0) is 16.2. The number of amides is 1. The maximum Gasteiger partial charge on any atom is 0.387 e. The van der Waals surface area contributed by atoms with Gasteiger partial charge < -0.3 is 15.8 Å². The smallest absolute Gasteiger partial charge is 0.387 e. The van der Waals surface area contributed by atoms with Crippen LogP contribution in [0.4, 0.5) is 14.5 Å². The van der Waals surface area contributed by atoms with Gasteiger partial charge in [0.25, 0.3) is 0 Å². The number of nitrogens with two attached hydrogens (primary N) is 1. The Morgan fingerprint density at radius 3 is 2.33 bits per heavy atom. The van der Waals surface area contributed by atoms with Crippen LogP contribution in [0.5, 0.6) is 5.75 Å². The predicted octanol–water partition coefficient (Wildman–Crippen LogP) is 3.91. The van der Waals surface area contributed by atoms with Gasteiger partial charge in [-0.25, -0.2) is 0 Å². The Bertz CT molecular complexity index is 492. The molecule has 0 saturated heterocycles. The fourth-order valence-electron chi connectivity index (χ4n) is 1.57. The van der Waals surface area contributed by atoms with Crippen LogP contribution >= 0.6 is 23.2 Å². The highest BCUT2D eigenvalue weighted by Crippen LogP contribution is 2.37. The number of nitrogens with one attached hydrogen (secondary N) is 1. The number of anilines is 1. The van der Waals surface area contributed by atoms with E-state index in [4.69, 9.17) is 28.9 Å². The lowest BCUT2D eigenvalue weighted by Gasteiger charge is -2.18. The van der Waals surface area contributed by atoms with Crippen LogP contribution in [-0.4, -0.2) is 18.6 Å². The summed E-state index contributed by atoms with van der Waals surface area (Å²) in [5.41, 5.74) is 6.05. The Kier molecular flexibility index (Phi) is 6.64. The minimum atomic E-state index is -3.04. The van der Waals surface area contributed by atoms with E-state index in [9.17, 15) is 13.6 Å². The lowest BCUT2D eigenvalue weighted by molar-refractivity contribution is -0.118. The third kappa shape index (κ3) is 4.98. The summed E-state index contributed by atoms with van der Waals surface area (Å²) in [4.78, 5) is 11.9. The van der Waals surface area contributed by atoms with Crippen LogP contribution in [0.15, 0.2) is 12.1 Å². The molecule has 0 aliphatic rings. The Balaban J connectivity index is 2.89. The highest BCUT2D eigenvalue weighted by molar-refractivity contribution is 6.37. The molecular weight excluding hydrogens is 325 g/mol. The second kappa shape index (κ2) is 7.77. The summed E-state index contributed by atoms with van der Waals surface area (Å²) in [6.45, 7) is 0.727. The quantitative estimate of drug-likeness (QED) is 0.825. The van der Waals surface area contributed by atoms with Crippen LogP contribution in [0.1, 0.15) is 20.3 Å². The molecule has 0 bridgehead atoms. The van der Waals surface area contributed by atoms with Crippen molar-refractivity contribution >= 4 is 34.8 Å². The maximum atomic E-state index is 12.2. The van der Waals surface area contributed by atoms with Crippen molar-refractivity contribution in [3.63, 3.8) is 0 Å². The van der Waals surface area contributed by atoms with Crippen molar-refractivity contribution in [2.75, 3.05) is 5.32 Å². The van der Waals surface area contributed by atoms with E-state index in [0.29, 0.717) is 0 Å². The molecule has 1 aromatic rings. The van der Waals surface area contributed by atoms with Crippen LogP contribution < -0.4 is 15.8 Å². The van der Waals surface area contributed by atoms with Gasteiger partial charge >= 0.3 is 6.61 Å². The van der Waals surface area contributed by atoms with Gasteiger partial charge in [-0.05, 0) is 18.1 Å². The van der Waals surface area contributed by atoms with Crippen molar-refractivity contribution in [1.29, 1.82) is 0 Å². The number of halogens is 4. The van der Waals surface area contributed by atoms with E-state index >= 15 is 0 Å². The van der Waals surface area contributed by atoms with Gasteiger partial charge in [0.05, 0.1) is 16.1 Å². The van der Waals surface area contributed by atoms with Crippen molar-refractivity contribution in [3.05, 3.63) is 22.2 Å². The number of ether oxygens (including phenoxy) is 1. The van der Waals surface area contributed by atoms with Crippen LogP contribution in [0.25, 0.3) is 0 Å². The van der Waals surface area contributed by atoms with Crippen LogP contribution in [0.2, 0.25) is 10.0 Å². The van der Waals surface area contributed by atoms with E-state index in [1.807, 2.05) is 13.8 Å². The summed E-state index contributed by atoms with van der Waals surface area (Å²) in [6.07, 6.45) is 0.747. The molecule has 0 unspecified atom stereocenters. The molecule has 2 atom stereocenters. The maximum absolute atomic E-state index is 12.2. The minimum absolute atomic E-state index is 0.00242. The van der Waals surface area contributed by atoms with Crippen molar-refractivity contribution < 1.29 is 18.3 Å². The summed E-state index contributed by atoms with van der Waals surface area (Å²) in [6, 6.07) is 1.85. The number of hydrogen-bond acceptors (Lipinski definition) is 3. The number of rotatable bonds is 6. The average molecular weight is 341 g/mol. The average Bonchev–Trinajstić information content (AvgIpc) is 2.40. The molecular formula is C13H16Cl2F2N2O2. The van der Waals surface area contributed by atoms with E-state index in [-0.39, 0.29) is 27.4 Å². The largest absolute Gasteiger partial charge is 0.432 e. The van der Waals surface area contributed by atoms with Crippen LogP contribution in [0.3, 0.4) is 0 Å². The SMILES string of the molecule is CC[C@H](C)[C@H](N)C(=O)Nc1cc(Cl)c(OC(F)F)c(Cl)c1. The third-order valence-corrected chi connectivity index (χ3v) is 3.59. The molecule has 118 valence electrons. The molecule has 1 amide bonds. The second-order valence-electron chi connectivity index (χ2n) is 4.55. The lowest BCUT2D eigenvalue weighted by Crippen LogP contribution is -2.40. The van der Waals surface area contributed by atoms with E-state index in [2.05, 4.69) is 10.1 Å². The van der Waals surface area contributed by atoms with Gasteiger partial charge in [-0.3, -0.25) is 4.79 Å². The third-order valence-electron chi connectivity index (χ3n) is 3.03. The first-order chi connectivity index (χ1) is 9.76. The summed E-state index contributed by atoms with van der Waals surface area (Å²) >= 11 is 11.6. The predicted molar refractivity (Wildman–Crippen MR) is 79.2 cm³/mol. The highest BCUT2D eigenvalue weighted by atomic mass is 35.5. The van der Waals surface area contributed by atoms with Gasteiger partial charge in [0.15, 0.2) is 5.75 Å². The standard InChI is InChI=1S/C13H16Cl2F2N2O2/c1-3-6(2)10(18)12(20)19-7-4-8(14)11(9(15)5-7)21-13(16)17/h4-6,10,13H,3,18H2,1-2H3,(H,19,20)/t6-,10-/m0/s1. The van der Waals surface area contributed by atoms with Crippen LogP contribution in [-0.2, 0) is 4.79 Å². The molecule has 1 aromatic carbocycles. The number of hydrogen-bond donors (Lipinski definition) is 2. The minimum Gasteiger partial charge on any atom is -0.432 e. The number of carbonyl (C=O) groups is 1. The van der Waals surface area contributed by atoms with Gasteiger partial charge in [0.1, 0.15) is 0 Å². The Labute approximate surface area is 131 Å². The van der Waals surface area contributed by atoms with Crippen molar-refractivity contribution in [2.45, 2.75) is 32.9 Å². The molecule has 8 heteroatoms. The first kappa shape index (κ1) is 17.9. The normalized spacial score (nSPS) is 13.9. The molecule has 0 saturated carbocycles. The molecule has 4 nitrogen and oxygen atoms in total.